The van der Waals surface area contributed by atoms with E-state index in [1.807, 2.05) is 13.2 Å². The molecule has 0 atom stereocenters. The molecule has 0 radical (unpaired) electrons. The summed E-state index contributed by atoms with van der Waals surface area (Å²) in [5, 5.41) is 4.48. The number of aryl methyl sites for hydroxylation is 2. The lowest BCUT2D eigenvalue weighted by atomic mass is 10.0. The third-order valence-electron chi connectivity index (χ3n) is 2.72. The van der Waals surface area contributed by atoms with E-state index in [4.69, 9.17) is 17.3 Å². The highest BCUT2D eigenvalue weighted by Crippen LogP contribution is 2.20. The summed E-state index contributed by atoms with van der Waals surface area (Å²) in [6.07, 6.45) is 4.78. The molecule has 0 aliphatic heterocycles. The fourth-order valence-electron chi connectivity index (χ4n) is 1.70. The second-order valence-electron chi connectivity index (χ2n) is 4.18. The Bertz CT molecular complexity index is 577. The fourth-order valence-corrected chi connectivity index (χ4v) is 1.88. The molecule has 0 aliphatic carbocycles. The minimum atomic E-state index is 0.0563. The zero-order valence-corrected chi connectivity index (χ0v) is 10.8. The van der Waals surface area contributed by atoms with Crippen molar-refractivity contribution in [2.24, 2.45) is 7.05 Å². The molecule has 1 heterocycles. The molecule has 18 heavy (non-hydrogen) atoms. The molecule has 0 fully saturated rings. The number of carbonyl (C=O) groups is 1. The summed E-state index contributed by atoms with van der Waals surface area (Å²) in [5.41, 5.74) is 7.73. The van der Waals surface area contributed by atoms with Gasteiger partial charge in [-0.3, -0.25) is 9.48 Å². The van der Waals surface area contributed by atoms with Crippen LogP contribution < -0.4 is 5.73 Å². The van der Waals surface area contributed by atoms with Crippen LogP contribution in [-0.4, -0.2) is 15.6 Å². The maximum absolute atomic E-state index is 12.0. The van der Waals surface area contributed by atoms with E-state index in [-0.39, 0.29) is 5.78 Å². The number of carbonyl (C=O) groups excluding carboxylic acids is 1. The Morgan fingerprint density at radius 1 is 1.50 bits per heavy atom. The molecular weight excluding hydrogens is 250 g/mol. The zero-order chi connectivity index (χ0) is 13.1. The summed E-state index contributed by atoms with van der Waals surface area (Å²) in [6.45, 7) is 0. The fraction of sp³-hybridized carbons (Fsp3) is 0.231. The van der Waals surface area contributed by atoms with Gasteiger partial charge in [0, 0.05) is 25.2 Å². The van der Waals surface area contributed by atoms with Gasteiger partial charge >= 0.3 is 0 Å². The molecule has 0 bridgehead atoms. The molecule has 0 spiro atoms. The predicted molar refractivity (Wildman–Crippen MR) is 71.7 cm³/mol. The maximum atomic E-state index is 12.0. The van der Waals surface area contributed by atoms with Gasteiger partial charge in [0.05, 0.1) is 16.9 Å². The van der Waals surface area contributed by atoms with Crippen molar-refractivity contribution < 1.29 is 4.79 Å². The topological polar surface area (TPSA) is 60.9 Å². The largest absolute Gasteiger partial charge is 0.398 e. The first-order valence-electron chi connectivity index (χ1n) is 5.62. The molecule has 1 aromatic heterocycles. The Morgan fingerprint density at radius 3 is 2.89 bits per heavy atom. The number of benzene rings is 1. The molecule has 94 valence electrons. The summed E-state index contributed by atoms with van der Waals surface area (Å²) in [5.74, 6) is 0.0563. The molecule has 2 rings (SSSR count). The van der Waals surface area contributed by atoms with E-state index >= 15 is 0 Å². The van der Waals surface area contributed by atoms with E-state index in [9.17, 15) is 4.79 Å². The monoisotopic (exact) mass is 263 g/mol. The van der Waals surface area contributed by atoms with Crippen LogP contribution in [0.2, 0.25) is 5.02 Å². The first kappa shape index (κ1) is 12.6. The number of halogens is 1. The van der Waals surface area contributed by atoms with E-state index in [0.717, 1.165) is 5.56 Å². The normalized spacial score (nSPS) is 10.6. The number of rotatable bonds is 4. The van der Waals surface area contributed by atoms with Crippen molar-refractivity contribution in [3.05, 3.63) is 46.7 Å². The summed E-state index contributed by atoms with van der Waals surface area (Å²) in [6, 6.07) is 4.97. The lowest BCUT2D eigenvalue weighted by Gasteiger charge is -2.02. The second-order valence-corrected chi connectivity index (χ2v) is 4.59. The van der Waals surface area contributed by atoms with Crippen molar-refractivity contribution in [3.63, 3.8) is 0 Å². The van der Waals surface area contributed by atoms with Crippen LogP contribution in [0.15, 0.2) is 30.6 Å². The van der Waals surface area contributed by atoms with Crippen molar-refractivity contribution in [2.75, 3.05) is 5.73 Å². The molecule has 0 aliphatic rings. The summed E-state index contributed by atoms with van der Waals surface area (Å²) >= 11 is 5.89. The molecule has 0 saturated carbocycles. The number of nitrogen functional groups attached to an aromatic ring is 1. The Morgan fingerprint density at radius 2 is 2.28 bits per heavy atom. The molecular formula is C13H14ClN3O. The van der Waals surface area contributed by atoms with Gasteiger partial charge in [0.25, 0.3) is 0 Å². The van der Waals surface area contributed by atoms with Crippen molar-refractivity contribution >= 4 is 23.1 Å². The minimum Gasteiger partial charge on any atom is -0.398 e. The molecule has 5 heteroatoms. The van der Waals surface area contributed by atoms with Crippen LogP contribution in [0.3, 0.4) is 0 Å². The predicted octanol–water partition coefficient (Wildman–Crippen LogP) is 2.47. The lowest BCUT2D eigenvalue weighted by Crippen LogP contribution is -2.01. The first-order valence-corrected chi connectivity index (χ1v) is 6.00. The van der Waals surface area contributed by atoms with Crippen LogP contribution in [0.1, 0.15) is 22.3 Å². The van der Waals surface area contributed by atoms with Gasteiger partial charge in [-0.05, 0) is 30.2 Å². The van der Waals surface area contributed by atoms with Gasteiger partial charge in [-0.2, -0.15) is 5.10 Å². The smallest absolute Gasteiger partial charge is 0.163 e. The van der Waals surface area contributed by atoms with Crippen molar-refractivity contribution in [2.45, 2.75) is 12.8 Å². The van der Waals surface area contributed by atoms with Gasteiger partial charge in [0.1, 0.15) is 0 Å². The van der Waals surface area contributed by atoms with Gasteiger partial charge in [0.15, 0.2) is 5.78 Å². The average molecular weight is 264 g/mol. The summed E-state index contributed by atoms with van der Waals surface area (Å²) in [7, 11) is 1.85. The van der Waals surface area contributed by atoms with Crippen molar-refractivity contribution in [1.29, 1.82) is 0 Å². The number of hydrogen-bond donors (Lipinski definition) is 1. The number of ketones is 1. The summed E-state index contributed by atoms with van der Waals surface area (Å²) < 4.78 is 1.72. The van der Waals surface area contributed by atoms with Crippen LogP contribution in [0.25, 0.3) is 0 Å². The SMILES string of the molecule is Cn1cc(CCC(=O)c2ccc(N)c(Cl)c2)cn1. The van der Waals surface area contributed by atoms with Gasteiger partial charge in [-0.25, -0.2) is 0 Å². The van der Waals surface area contributed by atoms with Gasteiger partial charge in [-0.15, -0.1) is 0 Å². The molecule has 0 saturated heterocycles. The number of hydrogen-bond acceptors (Lipinski definition) is 3. The Kier molecular flexibility index (Phi) is 3.67. The van der Waals surface area contributed by atoms with E-state index in [1.54, 1.807) is 29.1 Å². The Balaban J connectivity index is 2.01. The quantitative estimate of drug-likeness (QED) is 0.681. The minimum absolute atomic E-state index is 0.0563. The zero-order valence-electron chi connectivity index (χ0n) is 10.1. The standard InChI is InChI=1S/C13H14ClN3O/c1-17-8-9(7-16-17)2-5-13(18)10-3-4-12(15)11(14)6-10/h3-4,6-8H,2,5,15H2,1H3. The van der Waals surface area contributed by atoms with Gasteiger partial charge < -0.3 is 5.73 Å². The molecule has 0 amide bonds. The highest BCUT2D eigenvalue weighted by atomic mass is 35.5. The molecule has 1 aromatic carbocycles. The number of anilines is 1. The summed E-state index contributed by atoms with van der Waals surface area (Å²) in [4.78, 5) is 12.0. The van der Waals surface area contributed by atoms with Crippen LogP contribution in [0.4, 0.5) is 5.69 Å². The Hall–Kier alpha value is -1.81. The Labute approximate surface area is 110 Å². The van der Waals surface area contributed by atoms with Crippen molar-refractivity contribution in [1.82, 2.24) is 9.78 Å². The molecule has 2 N–H and O–H groups in total. The number of aromatic nitrogens is 2. The van der Waals surface area contributed by atoms with Crippen LogP contribution >= 0.6 is 11.6 Å². The highest BCUT2D eigenvalue weighted by molar-refractivity contribution is 6.33. The average Bonchev–Trinajstić information content (AvgIpc) is 2.75. The molecule has 2 aromatic rings. The number of Topliss-reactive ketones (excluding diaryl/α,β-unsaturated/α-hetero) is 1. The molecule has 4 nitrogen and oxygen atoms in total. The number of nitrogens with zero attached hydrogens (tertiary/aromatic N) is 2. The van der Waals surface area contributed by atoms with Crippen LogP contribution in [0, 0.1) is 0 Å². The van der Waals surface area contributed by atoms with E-state index in [1.165, 1.54) is 0 Å². The third kappa shape index (κ3) is 2.90. The van der Waals surface area contributed by atoms with Crippen LogP contribution in [-0.2, 0) is 13.5 Å². The lowest BCUT2D eigenvalue weighted by molar-refractivity contribution is 0.0983. The van der Waals surface area contributed by atoms with E-state index < -0.39 is 0 Å². The maximum Gasteiger partial charge on any atom is 0.163 e. The van der Waals surface area contributed by atoms with E-state index in [0.29, 0.717) is 29.1 Å². The third-order valence-corrected chi connectivity index (χ3v) is 3.05. The number of nitrogens with two attached hydrogens (primary N) is 1. The second kappa shape index (κ2) is 5.23. The first-order chi connectivity index (χ1) is 8.56. The van der Waals surface area contributed by atoms with Gasteiger partial charge in [0.2, 0.25) is 0 Å². The van der Waals surface area contributed by atoms with E-state index in [2.05, 4.69) is 5.10 Å². The van der Waals surface area contributed by atoms with Crippen LogP contribution in [0.5, 0.6) is 0 Å². The highest BCUT2D eigenvalue weighted by Gasteiger charge is 2.08. The van der Waals surface area contributed by atoms with Gasteiger partial charge in [-0.1, -0.05) is 11.6 Å². The molecule has 0 unspecified atom stereocenters. The van der Waals surface area contributed by atoms with Crippen molar-refractivity contribution in [3.8, 4) is 0 Å².